The van der Waals surface area contributed by atoms with Crippen LogP contribution in [0, 0.1) is 0 Å². The van der Waals surface area contributed by atoms with E-state index in [4.69, 9.17) is 14.6 Å². The van der Waals surface area contributed by atoms with Crippen molar-refractivity contribution in [3.05, 3.63) is 0 Å². The Kier molecular flexibility index (Phi) is 11.4. The summed E-state index contributed by atoms with van der Waals surface area (Å²) in [6, 6.07) is 0.222. The number of carboxylic acid groups (broad SMARTS) is 1. The molecular formula is C20H38N2O5. The predicted molar refractivity (Wildman–Crippen MR) is 105 cm³/mol. The monoisotopic (exact) mass is 386 g/mol. The first-order valence-corrected chi connectivity index (χ1v) is 10.3. The lowest BCUT2D eigenvalue weighted by atomic mass is 10.0. The summed E-state index contributed by atoms with van der Waals surface area (Å²) in [6.45, 7) is 9.17. The van der Waals surface area contributed by atoms with E-state index in [9.17, 15) is 9.59 Å². The third-order valence-corrected chi connectivity index (χ3v) is 4.55. The van der Waals surface area contributed by atoms with Crippen molar-refractivity contribution in [3.63, 3.8) is 0 Å². The lowest BCUT2D eigenvalue weighted by Crippen LogP contribution is -2.46. The number of amides is 1. The number of unbranched alkanes of at least 4 members (excludes halogenated alkanes) is 5. The Morgan fingerprint density at radius 2 is 1.63 bits per heavy atom. The van der Waals surface area contributed by atoms with Crippen LogP contribution in [-0.2, 0) is 14.3 Å². The Hall–Kier alpha value is -1.34. The maximum atomic E-state index is 11.8. The molecular weight excluding hydrogens is 348 g/mol. The molecule has 0 saturated carbocycles. The number of rotatable bonds is 12. The summed E-state index contributed by atoms with van der Waals surface area (Å²) in [7, 11) is 0. The van der Waals surface area contributed by atoms with E-state index in [1.807, 2.05) is 20.8 Å². The van der Waals surface area contributed by atoms with Crippen LogP contribution in [0.25, 0.3) is 0 Å². The molecule has 1 heterocycles. The van der Waals surface area contributed by atoms with Crippen molar-refractivity contribution in [2.75, 3.05) is 32.8 Å². The van der Waals surface area contributed by atoms with Crippen molar-refractivity contribution in [1.82, 2.24) is 10.2 Å². The van der Waals surface area contributed by atoms with Crippen LogP contribution in [0.3, 0.4) is 0 Å². The number of aliphatic carboxylic acids is 1. The first-order chi connectivity index (χ1) is 12.8. The van der Waals surface area contributed by atoms with E-state index in [1.54, 1.807) is 0 Å². The second kappa shape index (κ2) is 12.9. The van der Waals surface area contributed by atoms with E-state index < -0.39 is 11.6 Å². The Morgan fingerprint density at radius 3 is 2.22 bits per heavy atom. The normalized spacial score (nSPS) is 16.3. The highest BCUT2D eigenvalue weighted by atomic mass is 16.6. The Morgan fingerprint density at radius 1 is 1.04 bits per heavy atom. The average molecular weight is 387 g/mol. The van der Waals surface area contributed by atoms with E-state index in [0.29, 0.717) is 6.61 Å². The minimum atomic E-state index is -0.903. The van der Waals surface area contributed by atoms with Gasteiger partial charge in [0.15, 0.2) is 0 Å². The van der Waals surface area contributed by atoms with Gasteiger partial charge in [-0.2, -0.15) is 0 Å². The van der Waals surface area contributed by atoms with Gasteiger partial charge in [0, 0.05) is 25.7 Å². The van der Waals surface area contributed by atoms with Crippen LogP contribution in [-0.4, -0.2) is 66.6 Å². The van der Waals surface area contributed by atoms with E-state index >= 15 is 0 Å². The molecule has 27 heavy (non-hydrogen) atoms. The van der Waals surface area contributed by atoms with Crippen molar-refractivity contribution >= 4 is 12.1 Å². The summed E-state index contributed by atoms with van der Waals surface area (Å²) in [5.74, 6) is -0.903. The number of hydrogen-bond donors (Lipinski definition) is 2. The zero-order valence-corrected chi connectivity index (χ0v) is 17.3. The van der Waals surface area contributed by atoms with Crippen LogP contribution in [0.1, 0.15) is 72.1 Å². The fraction of sp³-hybridized carbons (Fsp3) is 0.900. The molecule has 0 aromatic carbocycles. The number of hydrogen-bond acceptors (Lipinski definition) is 5. The second-order valence-corrected chi connectivity index (χ2v) is 8.33. The van der Waals surface area contributed by atoms with Crippen molar-refractivity contribution in [3.8, 4) is 0 Å². The number of carbonyl (C=O) groups is 2. The Balaban J connectivity index is 1.94. The molecule has 1 fully saturated rings. The van der Waals surface area contributed by atoms with Crippen molar-refractivity contribution in [1.29, 1.82) is 0 Å². The lowest BCUT2D eigenvalue weighted by Gasteiger charge is -2.32. The highest BCUT2D eigenvalue weighted by molar-refractivity contribution is 5.68. The number of likely N-dealkylation sites (tertiary alicyclic amines) is 1. The molecule has 0 bridgehead atoms. The van der Waals surface area contributed by atoms with Crippen LogP contribution >= 0.6 is 0 Å². The zero-order chi connectivity index (χ0) is 20.1. The molecule has 7 heteroatoms. The van der Waals surface area contributed by atoms with Gasteiger partial charge in [0.1, 0.15) is 12.2 Å². The number of piperidine rings is 1. The third-order valence-electron chi connectivity index (χ3n) is 4.55. The molecule has 0 atom stereocenters. The average Bonchev–Trinajstić information content (AvgIpc) is 2.56. The molecule has 0 aromatic heterocycles. The smallest absolute Gasteiger partial charge is 0.407 e. The maximum Gasteiger partial charge on any atom is 0.407 e. The quantitative estimate of drug-likeness (QED) is 0.500. The lowest BCUT2D eigenvalue weighted by molar-refractivity contribution is -0.142. The summed E-state index contributed by atoms with van der Waals surface area (Å²) in [5, 5.41) is 11.4. The molecule has 0 spiro atoms. The molecule has 7 nitrogen and oxygen atoms in total. The van der Waals surface area contributed by atoms with Gasteiger partial charge in [-0.05, 0) is 53.0 Å². The van der Waals surface area contributed by atoms with Gasteiger partial charge < -0.3 is 24.8 Å². The second-order valence-electron chi connectivity index (χ2n) is 8.33. The Bertz CT molecular complexity index is 429. The number of nitrogens with zero attached hydrogens (tertiary/aromatic N) is 1. The fourth-order valence-electron chi connectivity index (χ4n) is 3.18. The first-order valence-electron chi connectivity index (χ1n) is 10.3. The van der Waals surface area contributed by atoms with Crippen LogP contribution in [0.15, 0.2) is 0 Å². The van der Waals surface area contributed by atoms with Gasteiger partial charge in [-0.1, -0.05) is 25.7 Å². The topological polar surface area (TPSA) is 88.1 Å². The van der Waals surface area contributed by atoms with E-state index in [0.717, 1.165) is 45.3 Å². The van der Waals surface area contributed by atoms with Gasteiger partial charge in [0.25, 0.3) is 0 Å². The van der Waals surface area contributed by atoms with Crippen LogP contribution in [0.5, 0.6) is 0 Å². The minimum absolute atomic E-state index is 0.190. The van der Waals surface area contributed by atoms with Crippen molar-refractivity contribution in [2.45, 2.75) is 83.8 Å². The van der Waals surface area contributed by atoms with Gasteiger partial charge in [0.2, 0.25) is 0 Å². The van der Waals surface area contributed by atoms with E-state index in [2.05, 4.69) is 10.2 Å². The van der Waals surface area contributed by atoms with Crippen LogP contribution < -0.4 is 5.32 Å². The van der Waals surface area contributed by atoms with Gasteiger partial charge >= 0.3 is 12.1 Å². The summed E-state index contributed by atoms with van der Waals surface area (Å²) in [6.07, 6.45) is 8.52. The summed E-state index contributed by atoms with van der Waals surface area (Å²) < 4.78 is 10.3. The summed E-state index contributed by atoms with van der Waals surface area (Å²) in [4.78, 5) is 24.6. The molecule has 0 aromatic rings. The predicted octanol–water partition coefficient (Wildman–Crippen LogP) is 3.42. The van der Waals surface area contributed by atoms with Crippen molar-refractivity contribution in [2.24, 2.45) is 0 Å². The molecule has 158 valence electrons. The number of carboxylic acids is 1. The van der Waals surface area contributed by atoms with Gasteiger partial charge in [0.05, 0.1) is 0 Å². The molecule has 0 unspecified atom stereocenters. The number of ether oxygens (including phenoxy) is 2. The van der Waals surface area contributed by atoms with E-state index in [-0.39, 0.29) is 18.7 Å². The molecule has 1 aliphatic rings. The molecule has 1 amide bonds. The molecule has 2 N–H and O–H groups in total. The highest BCUT2D eigenvalue weighted by Crippen LogP contribution is 2.14. The fourth-order valence-corrected chi connectivity index (χ4v) is 3.18. The zero-order valence-electron chi connectivity index (χ0n) is 17.3. The SMILES string of the molecule is CC(C)(C)OC(=O)NC1CCN(CCCCCCCCOCC(=O)O)CC1. The standard InChI is InChI=1S/C20H38N2O5/c1-20(2,3)27-19(25)21-17-10-13-22(14-11-17)12-8-6-4-5-7-9-15-26-16-18(23)24/h17H,4-16H2,1-3H3,(H,21,25)(H,23,24). The van der Waals surface area contributed by atoms with Gasteiger partial charge in [-0.15, -0.1) is 0 Å². The minimum Gasteiger partial charge on any atom is -0.480 e. The number of nitrogens with one attached hydrogen (secondary N) is 1. The van der Waals surface area contributed by atoms with Gasteiger partial charge in [-0.25, -0.2) is 9.59 Å². The van der Waals surface area contributed by atoms with Crippen molar-refractivity contribution < 1.29 is 24.2 Å². The molecule has 0 radical (unpaired) electrons. The van der Waals surface area contributed by atoms with Gasteiger partial charge in [-0.3, -0.25) is 0 Å². The maximum absolute atomic E-state index is 11.8. The Labute approximate surface area is 163 Å². The molecule has 1 rings (SSSR count). The highest BCUT2D eigenvalue weighted by Gasteiger charge is 2.23. The number of alkyl carbamates (subject to hydrolysis) is 1. The van der Waals surface area contributed by atoms with E-state index in [1.165, 1.54) is 25.7 Å². The van der Waals surface area contributed by atoms with Crippen LogP contribution in [0.2, 0.25) is 0 Å². The summed E-state index contributed by atoms with van der Waals surface area (Å²) >= 11 is 0. The molecule has 0 aliphatic carbocycles. The first kappa shape index (κ1) is 23.7. The third kappa shape index (κ3) is 13.5. The number of carbonyl (C=O) groups excluding carboxylic acids is 1. The summed E-state index contributed by atoms with van der Waals surface area (Å²) in [5.41, 5.74) is -0.448. The van der Waals surface area contributed by atoms with Crippen LogP contribution in [0.4, 0.5) is 4.79 Å². The largest absolute Gasteiger partial charge is 0.480 e. The molecule has 1 saturated heterocycles. The molecule has 1 aliphatic heterocycles.